The third kappa shape index (κ3) is 4.67. The van der Waals surface area contributed by atoms with Gasteiger partial charge in [-0.05, 0) is 81.9 Å². The maximum Gasteiger partial charge on any atom is 0.254 e. The van der Waals surface area contributed by atoms with E-state index in [1.54, 1.807) is 6.26 Å². The molecular formula is C31H33N3O5S. The first-order valence-corrected chi connectivity index (χ1v) is 14.8. The van der Waals surface area contributed by atoms with Crippen LogP contribution < -0.4 is 25.7 Å². The highest BCUT2D eigenvalue weighted by atomic mass is 32.2. The number of fused-ring (bicyclic) bond motifs is 2. The first-order chi connectivity index (χ1) is 19.3. The second-order valence-corrected chi connectivity index (χ2v) is 11.5. The lowest BCUT2D eigenvalue weighted by Gasteiger charge is -2.35. The van der Waals surface area contributed by atoms with Crippen molar-refractivity contribution in [3.05, 3.63) is 75.4 Å². The van der Waals surface area contributed by atoms with E-state index < -0.39 is 5.79 Å². The second-order valence-electron chi connectivity index (χ2n) is 10.7. The summed E-state index contributed by atoms with van der Waals surface area (Å²) < 4.78 is 18.8. The van der Waals surface area contributed by atoms with Gasteiger partial charge in [0, 0.05) is 57.6 Å². The number of H-pyrrole nitrogens is 1. The fraction of sp³-hybridized carbons (Fsp3) is 0.355. The molecule has 6 rings (SSSR count). The van der Waals surface area contributed by atoms with E-state index >= 15 is 0 Å². The van der Waals surface area contributed by atoms with Gasteiger partial charge in [-0.1, -0.05) is 6.07 Å². The van der Waals surface area contributed by atoms with Crippen LogP contribution in [0.25, 0.3) is 22.1 Å². The standard InChI is InChI=1S/C31H33N3O5S/c1-17-13-26(40-4)24(30(36)34-17)16-33-29(35)22-15-23(19-5-6-25-20(14-19)9-12-37-25)28-27(18(22)2)38-31(3,39-28)21-7-10-32-11-8-21/h5-6,9,12-15,21,32H,7-8,10-11,16H2,1-4H3,(H,33,35)(H,34,36). The van der Waals surface area contributed by atoms with Crippen LogP contribution >= 0.6 is 11.8 Å². The molecule has 0 saturated carbocycles. The monoisotopic (exact) mass is 559 g/mol. The minimum Gasteiger partial charge on any atom is -0.464 e. The van der Waals surface area contributed by atoms with E-state index in [9.17, 15) is 9.59 Å². The number of aromatic amines is 1. The average molecular weight is 560 g/mol. The Kier molecular flexibility index (Phi) is 6.88. The molecule has 0 radical (unpaired) electrons. The number of rotatable bonds is 6. The number of amides is 1. The largest absolute Gasteiger partial charge is 0.464 e. The first-order valence-electron chi connectivity index (χ1n) is 13.6. The zero-order valence-corrected chi connectivity index (χ0v) is 23.9. The minimum absolute atomic E-state index is 0.113. The van der Waals surface area contributed by atoms with Gasteiger partial charge in [-0.3, -0.25) is 9.59 Å². The number of thioether (sulfide) groups is 1. The molecule has 3 N–H and O–H groups in total. The fourth-order valence-electron chi connectivity index (χ4n) is 5.78. The topological polar surface area (TPSA) is 106 Å². The molecule has 40 heavy (non-hydrogen) atoms. The summed E-state index contributed by atoms with van der Waals surface area (Å²) in [5, 5.41) is 7.35. The molecule has 0 bridgehead atoms. The molecule has 0 spiro atoms. The molecule has 9 heteroatoms. The first kappa shape index (κ1) is 26.5. The summed E-state index contributed by atoms with van der Waals surface area (Å²) in [6.45, 7) is 7.67. The van der Waals surface area contributed by atoms with Gasteiger partial charge in [0.2, 0.25) is 0 Å². The van der Waals surface area contributed by atoms with E-state index in [1.807, 2.05) is 63.4 Å². The third-order valence-corrected chi connectivity index (χ3v) is 8.86. The number of nitrogens with one attached hydrogen (secondary N) is 3. The summed E-state index contributed by atoms with van der Waals surface area (Å²) in [5.74, 6) is 0.338. The van der Waals surface area contributed by atoms with Crippen molar-refractivity contribution in [2.45, 2.75) is 50.8 Å². The molecule has 2 aliphatic rings. The minimum atomic E-state index is -0.832. The molecular weight excluding hydrogens is 526 g/mol. The van der Waals surface area contributed by atoms with Crippen LogP contribution in [0.5, 0.6) is 11.5 Å². The summed E-state index contributed by atoms with van der Waals surface area (Å²) in [4.78, 5) is 30.0. The van der Waals surface area contributed by atoms with Gasteiger partial charge >= 0.3 is 0 Å². The fourth-order valence-corrected chi connectivity index (χ4v) is 6.49. The molecule has 1 atom stereocenters. The van der Waals surface area contributed by atoms with Gasteiger partial charge in [-0.15, -0.1) is 11.8 Å². The van der Waals surface area contributed by atoms with E-state index in [0.717, 1.165) is 58.6 Å². The number of aromatic nitrogens is 1. The van der Waals surface area contributed by atoms with Crippen LogP contribution in [0.3, 0.4) is 0 Å². The molecule has 1 saturated heterocycles. The second kappa shape index (κ2) is 10.4. The quantitative estimate of drug-likeness (QED) is 0.266. The van der Waals surface area contributed by atoms with Crippen LogP contribution in [-0.2, 0) is 6.54 Å². The van der Waals surface area contributed by atoms with Crippen molar-refractivity contribution in [3.63, 3.8) is 0 Å². The number of piperidine rings is 1. The van der Waals surface area contributed by atoms with E-state index in [0.29, 0.717) is 28.2 Å². The number of carbonyl (C=O) groups excluding carboxylic acids is 1. The van der Waals surface area contributed by atoms with E-state index in [-0.39, 0.29) is 23.9 Å². The molecule has 2 aromatic carbocycles. The highest BCUT2D eigenvalue weighted by Crippen LogP contribution is 2.52. The van der Waals surface area contributed by atoms with E-state index in [1.165, 1.54) is 11.8 Å². The number of carbonyl (C=O) groups is 1. The van der Waals surface area contributed by atoms with Crippen LogP contribution in [-0.4, -0.2) is 36.0 Å². The molecule has 1 amide bonds. The number of hydrogen-bond donors (Lipinski definition) is 3. The summed E-state index contributed by atoms with van der Waals surface area (Å²) in [5.41, 5.74) is 4.78. The number of aryl methyl sites for hydroxylation is 1. The van der Waals surface area contributed by atoms with Gasteiger partial charge in [0.25, 0.3) is 17.3 Å². The predicted octanol–water partition coefficient (Wildman–Crippen LogP) is 5.54. The SMILES string of the molecule is CSc1cc(C)[nH]c(=O)c1CNC(=O)c1cc(-c2ccc3occc3c2)c2c(c1C)OC(C)(C1CCNCC1)O2. The zero-order valence-electron chi connectivity index (χ0n) is 23.1. The van der Waals surface area contributed by atoms with Crippen LogP contribution in [0.2, 0.25) is 0 Å². The highest BCUT2D eigenvalue weighted by molar-refractivity contribution is 7.98. The van der Waals surface area contributed by atoms with Gasteiger partial charge in [0.15, 0.2) is 11.5 Å². The lowest BCUT2D eigenvalue weighted by Crippen LogP contribution is -2.47. The summed E-state index contributed by atoms with van der Waals surface area (Å²) >= 11 is 1.49. The van der Waals surface area contributed by atoms with Crippen molar-refractivity contribution in [1.29, 1.82) is 0 Å². The van der Waals surface area contributed by atoms with Crippen LogP contribution in [0.1, 0.15) is 46.9 Å². The van der Waals surface area contributed by atoms with Crippen molar-refractivity contribution < 1.29 is 18.7 Å². The molecule has 4 heterocycles. The highest BCUT2D eigenvalue weighted by Gasteiger charge is 2.46. The maximum atomic E-state index is 13.7. The lowest BCUT2D eigenvalue weighted by atomic mass is 9.90. The molecule has 2 aliphatic heterocycles. The van der Waals surface area contributed by atoms with Crippen LogP contribution in [0, 0.1) is 19.8 Å². The smallest absolute Gasteiger partial charge is 0.254 e. The molecule has 8 nitrogen and oxygen atoms in total. The Labute approximate surface area is 236 Å². The number of furan rings is 1. The Morgan fingerprint density at radius 2 is 1.88 bits per heavy atom. The van der Waals surface area contributed by atoms with Crippen molar-refractivity contribution >= 4 is 28.6 Å². The Hall–Kier alpha value is -3.69. The third-order valence-electron chi connectivity index (χ3n) is 8.06. The van der Waals surface area contributed by atoms with Gasteiger partial charge in [0.05, 0.1) is 6.26 Å². The number of hydrogen-bond acceptors (Lipinski definition) is 7. The maximum absolute atomic E-state index is 13.7. The van der Waals surface area contributed by atoms with Crippen LogP contribution in [0.15, 0.2) is 56.8 Å². The zero-order chi connectivity index (χ0) is 28.0. The Balaban J connectivity index is 1.40. The van der Waals surface area contributed by atoms with Crippen molar-refractivity contribution in [2.24, 2.45) is 5.92 Å². The van der Waals surface area contributed by atoms with E-state index in [2.05, 4.69) is 15.6 Å². The van der Waals surface area contributed by atoms with Crippen molar-refractivity contribution in [2.75, 3.05) is 19.3 Å². The van der Waals surface area contributed by atoms with Gasteiger partial charge in [-0.2, -0.15) is 0 Å². The molecule has 1 fully saturated rings. The van der Waals surface area contributed by atoms with Gasteiger partial charge in [-0.25, -0.2) is 0 Å². The Bertz CT molecular complexity index is 1670. The van der Waals surface area contributed by atoms with Crippen LogP contribution in [0.4, 0.5) is 0 Å². The Morgan fingerprint density at radius 3 is 2.65 bits per heavy atom. The van der Waals surface area contributed by atoms with E-state index in [4.69, 9.17) is 13.9 Å². The number of pyridine rings is 1. The normalized spacial score (nSPS) is 18.8. The predicted molar refractivity (Wildman–Crippen MR) is 156 cm³/mol. The lowest BCUT2D eigenvalue weighted by molar-refractivity contribution is -0.117. The molecule has 1 unspecified atom stereocenters. The van der Waals surface area contributed by atoms with Gasteiger partial charge in [0.1, 0.15) is 5.58 Å². The van der Waals surface area contributed by atoms with Crippen molar-refractivity contribution in [3.8, 4) is 22.6 Å². The van der Waals surface area contributed by atoms with Crippen molar-refractivity contribution in [1.82, 2.24) is 15.6 Å². The number of benzene rings is 2. The average Bonchev–Trinajstić information content (AvgIpc) is 3.57. The van der Waals surface area contributed by atoms with Gasteiger partial charge < -0.3 is 29.5 Å². The molecule has 2 aromatic heterocycles. The summed E-state index contributed by atoms with van der Waals surface area (Å²) in [7, 11) is 0. The molecule has 0 aliphatic carbocycles. The summed E-state index contributed by atoms with van der Waals surface area (Å²) in [6.07, 6.45) is 5.46. The summed E-state index contributed by atoms with van der Waals surface area (Å²) in [6, 6.07) is 11.6. The Morgan fingerprint density at radius 1 is 1.10 bits per heavy atom. The molecule has 4 aromatic rings. The molecule has 208 valence electrons. The number of ether oxygens (including phenoxy) is 2.